The van der Waals surface area contributed by atoms with Crippen molar-refractivity contribution in [1.29, 1.82) is 5.26 Å². The fraction of sp³-hybridized carbons (Fsp3) is 0.167. The van der Waals surface area contributed by atoms with Gasteiger partial charge >= 0.3 is 5.96 Å². The first-order chi connectivity index (χ1) is 14.9. The molecule has 0 amide bonds. The SMILES string of the molecule is C[N+]1(c2ccc(F)c(C#N)c2)OC2(CC(c3ccccc3)Oc3ccccc32)N=C1N. The molecule has 0 fully saturated rings. The minimum atomic E-state index is -1.09. The van der Waals surface area contributed by atoms with Crippen molar-refractivity contribution in [3.8, 4) is 11.8 Å². The highest BCUT2D eigenvalue weighted by atomic mass is 19.1. The fourth-order valence-corrected chi connectivity index (χ4v) is 4.19. The first kappa shape index (κ1) is 19.2. The standard InChI is InChI=1S/C24H20FN4O2/c1-29(18-11-12-20(25)17(13-18)15-26)23(27)28-24(31-29)14-22(16-7-3-2-4-8-16)30-21-10-6-5-9-19(21)24/h2-13,22H,14H2,1H3,(H2,27,28)/q+1. The van der Waals surface area contributed by atoms with E-state index in [-0.39, 0.29) is 22.3 Å². The van der Waals surface area contributed by atoms with Gasteiger partial charge in [-0.05, 0) is 17.7 Å². The van der Waals surface area contributed by atoms with E-state index >= 15 is 0 Å². The van der Waals surface area contributed by atoms with Crippen LogP contribution in [0.3, 0.4) is 0 Å². The lowest BCUT2D eigenvalue weighted by Gasteiger charge is -2.37. The second kappa shape index (κ2) is 6.91. The number of hydroxylamine groups is 2. The highest BCUT2D eigenvalue weighted by Crippen LogP contribution is 2.51. The minimum absolute atomic E-state index is 0.0799. The average Bonchev–Trinajstić information content (AvgIpc) is 3.05. The molecule has 1 spiro atoms. The van der Waals surface area contributed by atoms with E-state index in [0.717, 1.165) is 11.1 Å². The molecular weight excluding hydrogens is 395 g/mol. The Hall–Kier alpha value is -3.73. The topological polar surface area (TPSA) is 80.6 Å². The number of aliphatic imine (C=N–C) groups is 1. The second-order valence-corrected chi connectivity index (χ2v) is 7.76. The Morgan fingerprint density at radius 1 is 1.13 bits per heavy atom. The summed E-state index contributed by atoms with van der Waals surface area (Å²) in [5, 5.41) is 9.25. The Morgan fingerprint density at radius 3 is 2.65 bits per heavy atom. The number of hydrogen-bond donors (Lipinski definition) is 1. The smallest absolute Gasteiger partial charge is 0.337 e. The summed E-state index contributed by atoms with van der Waals surface area (Å²) in [4.78, 5) is 11.4. The molecular formula is C24H20FN4O2+. The van der Waals surface area contributed by atoms with Crippen LogP contribution in [-0.4, -0.2) is 13.0 Å². The second-order valence-electron chi connectivity index (χ2n) is 7.76. The zero-order valence-corrected chi connectivity index (χ0v) is 16.8. The molecule has 0 aliphatic carbocycles. The van der Waals surface area contributed by atoms with E-state index in [1.165, 1.54) is 12.1 Å². The van der Waals surface area contributed by atoms with E-state index in [2.05, 4.69) is 0 Å². The van der Waals surface area contributed by atoms with Gasteiger partial charge in [0.15, 0.2) is 5.69 Å². The molecule has 3 aromatic rings. The highest BCUT2D eigenvalue weighted by Gasteiger charge is 2.57. The van der Waals surface area contributed by atoms with Crippen LogP contribution in [0, 0.1) is 17.1 Å². The van der Waals surface area contributed by atoms with Crippen molar-refractivity contribution in [2.75, 3.05) is 7.05 Å². The van der Waals surface area contributed by atoms with Crippen LogP contribution in [-0.2, 0) is 10.6 Å². The molecule has 3 atom stereocenters. The lowest BCUT2D eigenvalue weighted by molar-refractivity contribution is -0.184. The van der Waals surface area contributed by atoms with Crippen LogP contribution in [0.4, 0.5) is 10.1 Å². The van der Waals surface area contributed by atoms with Crippen molar-refractivity contribution in [2.24, 2.45) is 10.7 Å². The maximum Gasteiger partial charge on any atom is 0.337 e. The molecule has 0 saturated carbocycles. The number of fused-ring (bicyclic) bond motifs is 2. The van der Waals surface area contributed by atoms with Crippen LogP contribution >= 0.6 is 0 Å². The molecule has 2 N–H and O–H groups in total. The number of halogens is 1. The molecule has 154 valence electrons. The summed E-state index contributed by atoms with van der Waals surface area (Å²) in [6.07, 6.45) is 0.122. The molecule has 0 saturated heterocycles. The van der Waals surface area contributed by atoms with E-state index in [4.69, 9.17) is 20.3 Å². The lowest BCUT2D eigenvalue weighted by atomic mass is 9.90. The molecule has 5 rings (SSSR count). The van der Waals surface area contributed by atoms with E-state index in [9.17, 15) is 9.65 Å². The Morgan fingerprint density at radius 2 is 1.87 bits per heavy atom. The van der Waals surface area contributed by atoms with Crippen molar-refractivity contribution in [2.45, 2.75) is 18.2 Å². The van der Waals surface area contributed by atoms with E-state index in [0.29, 0.717) is 17.9 Å². The number of nitrogens with two attached hydrogens (primary N) is 1. The first-order valence-corrected chi connectivity index (χ1v) is 9.90. The van der Waals surface area contributed by atoms with Gasteiger partial charge in [-0.2, -0.15) is 15.1 Å². The number of hydrogen-bond acceptors (Lipinski definition) is 5. The van der Waals surface area contributed by atoms with Crippen LogP contribution in [0.5, 0.6) is 5.75 Å². The van der Waals surface area contributed by atoms with Crippen LogP contribution in [0.2, 0.25) is 0 Å². The summed E-state index contributed by atoms with van der Waals surface area (Å²) in [7, 11) is 1.73. The average molecular weight is 415 g/mol. The van der Waals surface area contributed by atoms with Crippen molar-refractivity contribution in [3.63, 3.8) is 0 Å². The van der Waals surface area contributed by atoms with Crippen LogP contribution < -0.4 is 15.1 Å². The monoisotopic (exact) mass is 415 g/mol. The number of nitriles is 1. The third-order valence-corrected chi connectivity index (χ3v) is 5.84. The Labute approximate surface area is 179 Å². The van der Waals surface area contributed by atoms with Crippen molar-refractivity contribution in [1.82, 2.24) is 4.65 Å². The van der Waals surface area contributed by atoms with E-state index in [1.54, 1.807) is 13.1 Å². The van der Waals surface area contributed by atoms with E-state index in [1.807, 2.05) is 60.7 Å². The molecule has 3 unspecified atom stereocenters. The third-order valence-electron chi connectivity index (χ3n) is 5.84. The Kier molecular flexibility index (Phi) is 4.29. The lowest BCUT2D eigenvalue weighted by Crippen LogP contribution is -2.53. The van der Waals surface area contributed by atoms with E-state index < -0.39 is 11.5 Å². The summed E-state index contributed by atoms with van der Waals surface area (Å²) < 4.78 is 19.9. The van der Waals surface area contributed by atoms with Gasteiger partial charge in [0.1, 0.15) is 30.8 Å². The number of ether oxygens (including phenoxy) is 1. The predicted octanol–water partition coefficient (Wildman–Crippen LogP) is 4.27. The maximum atomic E-state index is 13.9. The molecule has 2 heterocycles. The molecule has 2 aliphatic rings. The first-order valence-electron chi connectivity index (χ1n) is 9.90. The largest absolute Gasteiger partial charge is 0.485 e. The number of para-hydroxylation sites is 1. The number of nitrogens with zero attached hydrogens (tertiary/aromatic N) is 3. The summed E-state index contributed by atoms with van der Waals surface area (Å²) >= 11 is 0. The van der Waals surface area contributed by atoms with Gasteiger partial charge in [-0.1, -0.05) is 53.2 Å². The predicted molar refractivity (Wildman–Crippen MR) is 114 cm³/mol. The summed E-state index contributed by atoms with van der Waals surface area (Å²) in [5.74, 6) is 0.284. The van der Waals surface area contributed by atoms with Gasteiger partial charge in [-0.25, -0.2) is 4.39 Å². The number of quaternary nitrogens is 1. The molecule has 31 heavy (non-hydrogen) atoms. The van der Waals surface area contributed by atoms with Gasteiger partial charge in [-0.3, -0.25) is 0 Å². The fourth-order valence-electron chi connectivity index (χ4n) is 4.19. The third kappa shape index (κ3) is 2.96. The molecule has 3 aromatic carbocycles. The molecule has 0 aromatic heterocycles. The molecule has 0 radical (unpaired) electrons. The molecule has 7 heteroatoms. The van der Waals surface area contributed by atoms with Gasteiger partial charge in [0.2, 0.25) is 0 Å². The highest BCUT2D eigenvalue weighted by molar-refractivity contribution is 5.90. The number of benzene rings is 3. The number of guanidine groups is 1. The molecule has 6 nitrogen and oxygen atoms in total. The van der Waals surface area contributed by atoms with Crippen molar-refractivity contribution < 1.29 is 14.0 Å². The minimum Gasteiger partial charge on any atom is -0.485 e. The van der Waals surface area contributed by atoms with Gasteiger partial charge < -0.3 is 10.5 Å². The quantitative estimate of drug-likeness (QED) is 0.634. The Bertz CT molecular complexity index is 1240. The Balaban J connectivity index is 1.62. The summed E-state index contributed by atoms with van der Waals surface area (Å²) in [6, 6.07) is 23.6. The normalized spacial score (nSPS) is 26.6. The van der Waals surface area contributed by atoms with Gasteiger partial charge in [-0.15, -0.1) is 0 Å². The van der Waals surface area contributed by atoms with Crippen LogP contribution in [0.25, 0.3) is 0 Å². The molecule has 0 bridgehead atoms. The van der Waals surface area contributed by atoms with Gasteiger partial charge in [0, 0.05) is 18.6 Å². The summed E-state index contributed by atoms with van der Waals surface area (Å²) in [6.45, 7) is 0. The van der Waals surface area contributed by atoms with Gasteiger partial charge in [0.05, 0.1) is 11.1 Å². The summed E-state index contributed by atoms with van der Waals surface area (Å²) in [5.41, 5.74) is 7.52. The maximum absolute atomic E-state index is 13.9. The van der Waals surface area contributed by atoms with Gasteiger partial charge in [0.25, 0.3) is 5.72 Å². The van der Waals surface area contributed by atoms with Crippen molar-refractivity contribution in [3.05, 3.63) is 95.3 Å². The zero-order valence-electron chi connectivity index (χ0n) is 16.8. The molecule has 2 aliphatic heterocycles. The number of rotatable bonds is 2. The van der Waals surface area contributed by atoms with Crippen LogP contribution in [0.1, 0.15) is 29.2 Å². The van der Waals surface area contributed by atoms with Crippen LogP contribution in [0.15, 0.2) is 77.8 Å². The van der Waals surface area contributed by atoms with Crippen molar-refractivity contribution >= 4 is 11.6 Å². The zero-order chi connectivity index (χ0) is 21.6.